The fourth-order valence-electron chi connectivity index (χ4n) is 3.94. The molecule has 2 amide bonds. The number of fused-ring (bicyclic) bond motifs is 1. The Morgan fingerprint density at radius 2 is 2.10 bits per heavy atom. The summed E-state index contributed by atoms with van der Waals surface area (Å²) in [7, 11) is 3.24. The summed E-state index contributed by atoms with van der Waals surface area (Å²) in [5.41, 5.74) is 0.731. The van der Waals surface area contributed by atoms with E-state index >= 15 is 0 Å². The van der Waals surface area contributed by atoms with Gasteiger partial charge in [-0.15, -0.1) is 0 Å². The van der Waals surface area contributed by atoms with E-state index in [0.717, 1.165) is 37.0 Å². The molecule has 1 heterocycles. The van der Waals surface area contributed by atoms with Gasteiger partial charge in [0.1, 0.15) is 5.75 Å². The molecule has 2 atom stereocenters. The summed E-state index contributed by atoms with van der Waals surface area (Å²) >= 11 is 0. The zero-order valence-electron chi connectivity index (χ0n) is 12.6. The van der Waals surface area contributed by atoms with Gasteiger partial charge >= 0.3 is 0 Å². The molecule has 2 aliphatic rings. The maximum absolute atomic E-state index is 12.6. The molecular formula is C17H21NO3. The van der Waals surface area contributed by atoms with Gasteiger partial charge < -0.3 is 4.74 Å². The number of carbonyl (C=O) groups is 2. The van der Waals surface area contributed by atoms with Gasteiger partial charge in [0.25, 0.3) is 0 Å². The molecular weight excluding hydrogens is 266 g/mol. The molecule has 4 nitrogen and oxygen atoms in total. The number of benzene rings is 1. The summed E-state index contributed by atoms with van der Waals surface area (Å²) in [6.45, 7) is 0. The third kappa shape index (κ3) is 2.13. The van der Waals surface area contributed by atoms with E-state index in [9.17, 15) is 9.59 Å². The molecule has 1 saturated heterocycles. The molecule has 1 aliphatic heterocycles. The molecule has 0 unspecified atom stereocenters. The van der Waals surface area contributed by atoms with Gasteiger partial charge in [-0.1, -0.05) is 25.0 Å². The molecule has 0 bridgehead atoms. The number of imide groups is 1. The lowest BCUT2D eigenvalue weighted by Crippen LogP contribution is -2.56. The highest BCUT2D eigenvalue weighted by atomic mass is 16.5. The van der Waals surface area contributed by atoms with Crippen LogP contribution in [0.2, 0.25) is 0 Å². The summed E-state index contributed by atoms with van der Waals surface area (Å²) in [6.07, 6.45) is 4.32. The van der Waals surface area contributed by atoms with Crippen LogP contribution >= 0.6 is 0 Å². The Morgan fingerprint density at radius 1 is 1.29 bits per heavy atom. The van der Waals surface area contributed by atoms with Crippen LogP contribution < -0.4 is 4.74 Å². The zero-order chi connectivity index (χ0) is 15.0. The number of hydrogen-bond donors (Lipinski definition) is 0. The van der Waals surface area contributed by atoms with E-state index in [2.05, 4.69) is 0 Å². The monoisotopic (exact) mass is 287 g/mol. The van der Waals surface area contributed by atoms with Crippen molar-refractivity contribution in [2.24, 2.45) is 5.92 Å². The van der Waals surface area contributed by atoms with Gasteiger partial charge in [-0.25, -0.2) is 0 Å². The highest BCUT2D eigenvalue weighted by Gasteiger charge is 2.52. The second-order valence-corrected chi connectivity index (χ2v) is 6.15. The Hall–Kier alpha value is -1.84. The van der Waals surface area contributed by atoms with Crippen LogP contribution in [0.15, 0.2) is 24.3 Å². The van der Waals surface area contributed by atoms with E-state index < -0.39 is 0 Å². The van der Waals surface area contributed by atoms with Gasteiger partial charge in [0.05, 0.1) is 7.11 Å². The topological polar surface area (TPSA) is 46.6 Å². The number of ether oxygens (including phenoxy) is 1. The Kier molecular flexibility index (Phi) is 3.47. The molecule has 112 valence electrons. The van der Waals surface area contributed by atoms with Crippen molar-refractivity contribution in [2.75, 3.05) is 14.2 Å². The number of rotatable bonds is 2. The maximum Gasteiger partial charge on any atom is 0.232 e. The third-order valence-electron chi connectivity index (χ3n) is 5.15. The molecule has 4 heteroatoms. The number of nitrogens with zero attached hydrogens (tertiary/aromatic N) is 1. The first-order chi connectivity index (χ1) is 10.1. The van der Waals surface area contributed by atoms with E-state index in [1.807, 2.05) is 24.3 Å². The minimum atomic E-state index is -0.340. The first-order valence-electron chi connectivity index (χ1n) is 7.53. The molecule has 1 aromatic carbocycles. The van der Waals surface area contributed by atoms with Gasteiger partial charge in [-0.3, -0.25) is 14.5 Å². The quantitative estimate of drug-likeness (QED) is 0.785. The van der Waals surface area contributed by atoms with E-state index in [-0.39, 0.29) is 23.1 Å². The Morgan fingerprint density at radius 3 is 2.86 bits per heavy atom. The lowest BCUT2D eigenvalue weighted by atomic mass is 9.58. The van der Waals surface area contributed by atoms with Crippen LogP contribution in [0.4, 0.5) is 0 Å². The molecule has 0 radical (unpaired) electrons. The summed E-state index contributed by atoms with van der Waals surface area (Å²) in [6, 6.07) is 7.87. The normalized spacial score (nSPS) is 29.2. The summed E-state index contributed by atoms with van der Waals surface area (Å²) in [4.78, 5) is 26.2. The average molecular weight is 287 g/mol. The predicted octanol–water partition coefficient (Wildman–Crippen LogP) is 2.51. The molecule has 3 rings (SSSR count). The van der Waals surface area contributed by atoms with Crippen LogP contribution in [-0.2, 0) is 15.0 Å². The van der Waals surface area contributed by atoms with Crippen LogP contribution in [-0.4, -0.2) is 30.9 Å². The van der Waals surface area contributed by atoms with Crippen molar-refractivity contribution in [3.63, 3.8) is 0 Å². The first-order valence-corrected chi connectivity index (χ1v) is 7.53. The van der Waals surface area contributed by atoms with Crippen LogP contribution in [0.5, 0.6) is 5.75 Å². The summed E-state index contributed by atoms with van der Waals surface area (Å²) < 4.78 is 5.32. The lowest BCUT2D eigenvalue weighted by molar-refractivity contribution is -0.155. The Balaban J connectivity index is 2.09. The minimum Gasteiger partial charge on any atom is -0.497 e. The van der Waals surface area contributed by atoms with Crippen molar-refractivity contribution in [1.29, 1.82) is 0 Å². The summed E-state index contributed by atoms with van der Waals surface area (Å²) in [5.74, 6) is 0.612. The number of amides is 2. The predicted molar refractivity (Wildman–Crippen MR) is 79.0 cm³/mol. The van der Waals surface area contributed by atoms with Crippen molar-refractivity contribution < 1.29 is 14.3 Å². The number of hydrogen-bond acceptors (Lipinski definition) is 3. The number of carbonyl (C=O) groups excluding carboxylic acids is 2. The van der Waals surface area contributed by atoms with Crippen molar-refractivity contribution >= 4 is 11.8 Å². The van der Waals surface area contributed by atoms with Gasteiger partial charge in [-0.05, 0) is 30.5 Å². The maximum atomic E-state index is 12.6. The Labute approximate surface area is 125 Å². The summed E-state index contributed by atoms with van der Waals surface area (Å²) in [5, 5.41) is 0. The fraction of sp³-hybridized carbons (Fsp3) is 0.529. The number of likely N-dealkylation sites (tertiary alicyclic amines) is 1. The molecule has 2 fully saturated rings. The molecule has 1 aliphatic carbocycles. The molecule has 1 aromatic rings. The van der Waals surface area contributed by atoms with Crippen LogP contribution in [0.1, 0.15) is 37.7 Å². The standard InChI is InChI=1S/C17H21NO3/c1-18-15(19)11-17(9-4-3-8-14(17)16(18)20)12-6-5-7-13(10-12)21-2/h5-7,10,14H,3-4,8-9,11H2,1-2H3/t14-,17-/m0/s1. The lowest BCUT2D eigenvalue weighted by Gasteiger charge is -2.48. The number of piperidine rings is 1. The SMILES string of the molecule is COc1cccc([C@@]23CCCC[C@H]2C(=O)N(C)C(=O)C3)c1. The van der Waals surface area contributed by atoms with Crippen LogP contribution in [0.3, 0.4) is 0 Å². The fourth-order valence-corrected chi connectivity index (χ4v) is 3.94. The van der Waals surface area contributed by atoms with Crippen molar-refractivity contribution in [2.45, 2.75) is 37.5 Å². The van der Waals surface area contributed by atoms with E-state index in [4.69, 9.17) is 4.74 Å². The Bertz CT molecular complexity index is 583. The highest BCUT2D eigenvalue weighted by Crippen LogP contribution is 2.50. The van der Waals surface area contributed by atoms with Crippen LogP contribution in [0, 0.1) is 5.92 Å². The van der Waals surface area contributed by atoms with Crippen molar-refractivity contribution in [3.8, 4) is 5.75 Å². The molecule has 21 heavy (non-hydrogen) atoms. The highest BCUT2D eigenvalue weighted by molar-refractivity contribution is 6.00. The minimum absolute atomic E-state index is 0.0197. The molecule has 1 saturated carbocycles. The van der Waals surface area contributed by atoms with Crippen molar-refractivity contribution in [1.82, 2.24) is 4.90 Å². The molecule has 0 aromatic heterocycles. The average Bonchev–Trinajstić information content (AvgIpc) is 2.53. The van der Waals surface area contributed by atoms with Crippen molar-refractivity contribution in [3.05, 3.63) is 29.8 Å². The van der Waals surface area contributed by atoms with E-state index in [1.165, 1.54) is 4.90 Å². The first kappa shape index (κ1) is 14.1. The van der Waals surface area contributed by atoms with Gasteiger partial charge in [0, 0.05) is 24.8 Å². The van der Waals surface area contributed by atoms with Gasteiger partial charge in [0.2, 0.25) is 11.8 Å². The zero-order valence-corrected chi connectivity index (χ0v) is 12.6. The number of methoxy groups -OCH3 is 1. The molecule has 0 spiro atoms. The smallest absolute Gasteiger partial charge is 0.232 e. The third-order valence-corrected chi connectivity index (χ3v) is 5.15. The molecule has 0 N–H and O–H groups in total. The largest absolute Gasteiger partial charge is 0.497 e. The second-order valence-electron chi connectivity index (χ2n) is 6.15. The van der Waals surface area contributed by atoms with Gasteiger partial charge in [-0.2, -0.15) is 0 Å². The van der Waals surface area contributed by atoms with E-state index in [1.54, 1.807) is 14.2 Å². The van der Waals surface area contributed by atoms with Gasteiger partial charge in [0.15, 0.2) is 0 Å². The van der Waals surface area contributed by atoms with E-state index in [0.29, 0.717) is 6.42 Å². The van der Waals surface area contributed by atoms with Crippen LogP contribution in [0.25, 0.3) is 0 Å². The second kappa shape index (κ2) is 5.17.